The molecule has 4 bridgehead atoms. The van der Waals surface area contributed by atoms with Crippen LogP contribution in [-0.4, -0.2) is 16.9 Å². The van der Waals surface area contributed by atoms with Crippen LogP contribution in [0.5, 0.6) is 0 Å². The smallest absolute Gasteiger partial charge is 0.307 e. The van der Waals surface area contributed by atoms with Crippen molar-refractivity contribution < 1.29 is 14.7 Å². The van der Waals surface area contributed by atoms with Crippen LogP contribution in [0, 0.1) is 29.6 Å². The van der Waals surface area contributed by atoms with Gasteiger partial charge in [0.15, 0.2) is 0 Å². The molecule has 0 saturated heterocycles. The van der Waals surface area contributed by atoms with E-state index in [4.69, 9.17) is 5.11 Å². The summed E-state index contributed by atoms with van der Waals surface area (Å²) in [7, 11) is 0. The largest absolute Gasteiger partial charge is 0.481 e. The van der Waals surface area contributed by atoms with Crippen LogP contribution < -0.4 is 0 Å². The fourth-order valence-electron chi connectivity index (χ4n) is 4.01. The van der Waals surface area contributed by atoms with Gasteiger partial charge in [0.25, 0.3) is 0 Å². The van der Waals surface area contributed by atoms with Gasteiger partial charge >= 0.3 is 5.97 Å². The van der Waals surface area contributed by atoms with Gasteiger partial charge in [-0.05, 0) is 37.5 Å². The van der Waals surface area contributed by atoms with Gasteiger partial charge < -0.3 is 5.11 Å². The summed E-state index contributed by atoms with van der Waals surface area (Å²) < 4.78 is 0. The fourth-order valence-corrected chi connectivity index (χ4v) is 4.01. The minimum absolute atomic E-state index is 0.135. The van der Waals surface area contributed by atoms with Gasteiger partial charge in [-0.2, -0.15) is 0 Å². The van der Waals surface area contributed by atoms with Crippen molar-refractivity contribution in [3.63, 3.8) is 0 Å². The number of ketones is 1. The van der Waals surface area contributed by atoms with E-state index in [1.807, 2.05) is 0 Å². The third kappa shape index (κ3) is 0.928. The van der Waals surface area contributed by atoms with Gasteiger partial charge in [0.2, 0.25) is 0 Å². The molecular weight excluding hydrogens is 180 g/mol. The number of carbonyl (C=O) groups excluding carboxylic acids is 1. The first-order chi connectivity index (χ1) is 6.66. The second-order valence-electron chi connectivity index (χ2n) is 5.14. The third-order valence-corrected chi connectivity index (χ3v) is 4.42. The normalized spacial score (nSPS) is 49.7. The highest BCUT2D eigenvalue weighted by Crippen LogP contribution is 2.54. The molecule has 3 heteroatoms. The molecule has 0 aromatic heterocycles. The Morgan fingerprint density at radius 3 is 2.71 bits per heavy atom. The molecule has 14 heavy (non-hydrogen) atoms. The van der Waals surface area contributed by atoms with Crippen LogP contribution in [-0.2, 0) is 9.59 Å². The minimum Gasteiger partial charge on any atom is -0.481 e. The van der Waals surface area contributed by atoms with Gasteiger partial charge in [0.05, 0.1) is 5.92 Å². The maximum absolute atomic E-state index is 11.8. The van der Waals surface area contributed by atoms with Crippen LogP contribution in [0.2, 0.25) is 0 Å². The first-order valence-electron chi connectivity index (χ1n) is 5.43. The predicted molar refractivity (Wildman–Crippen MR) is 48.6 cm³/mol. The van der Waals surface area contributed by atoms with Crippen molar-refractivity contribution in [2.45, 2.75) is 25.7 Å². The Morgan fingerprint density at radius 1 is 1.21 bits per heavy atom. The van der Waals surface area contributed by atoms with E-state index < -0.39 is 5.97 Å². The lowest BCUT2D eigenvalue weighted by Crippen LogP contribution is -2.53. The van der Waals surface area contributed by atoms with Gasteiger partial charge in [0, 0.05) is 11.8 Å². The third-order valence-electron chi connectivity index (χ3n) is 4.42. The second kappa shape index (κ2) is 2.59. The molecule has 0 spiro atoms. The quantitative estimate of drug-likeness (QED) is 0.685. The van der Waals surface area contributed by atoms with Crippen molar-refractivity contribution in [3.05, 3.63) is 0 Å². The SMILES string of the molecule is O=C(O)[C@@H]1[C@H]2C[C@@H]3C[C@@H](C2)C(=O)[C@@H]1C3. The van der Waals surface area contributed by atoms with Gasteiger partial charge in [-0.25, -0.2) is 0 Å². The molecule has 4 rings (SSSR count). The molecule has 5 atom stereocenters. The number of rotatable bonds is 1. The number of Topliss-reactive ketones (excluding diaryl/α,β-unsaturated/α-hetero) is 1. The molecule has 0 unspecified atom stereocenters. The lowest BCUT2D eigenvalue weighted by atomic mass is 9.51. The molecule has 0 aromatic rings. The van der Waals surface area contributed by atoms with Crippen LogP contribution >= 0.6 is 0 Å². The zero-order valence-electron chi connectivity index (χ0n) is 7.98. The molecule has 3 nitrogen and oxygen atoms in total. The zero-order valence-corrected chi connectivity index (χ0v) is 7.98. The Hall–Kier alpha value is -0.860. The molecule has 1 N–H and O–H groups in total. The average molecular weight is 194 g/mol. The van der Waals surface area contributed by atoms with Gasteiger partial charge in [-0.15, -0.1) is 0 Å². The minimum atomic E-state index is -0.743. The summed E-state index contributed by atoms with van der Waals surface area (Å²) >= 11 is 0. The highest BCUT2D eigenvalue weighted by molar-refractivity contribution is 5.90. The molecular formula is C11H14O3. The monoisotopic (exact) mass is 194 g/mol. The Bertz CT molecular complexity index is 310. The van der Waals surface area contributed by atoms with Gasteiger partial charge in [-0.3, -0.25) is 9.59 Å². The van der Waals surface area contributed by atoms with Crippen LogP contribution in [0.15, 0.2) is 0 Å². The van der Waals surface area contributed by atoms with E-state index in [1.54, 1.807) is 0 Å². The van der Waals surface area contributed by atoms with Gasteiger partial charge in [0.1, 0.15) is 5.78 Å². The number of hydrogen-bond donors (Lipinski definition) is 1. The van der Waals surface area contributed by atoms with Crippen molar-refractivity contribution in [1.29, 1.82) is 0 Å². The van der Waals surface area contributed by atoms with E-state index in [9.17, 15) is 9.59 Å². The van der Waals surface area contributed by atoms with Crippen molar-refractivity contribution in [2.24, 2.45) is 29.6 Å². The predicted octanol–water partition coefficient (Wildman–Crippen LogP) is 1.32. The Labute approximate surface area is 82.5 Å². The summed E-state index contributed by atoms with van der Waals surface area (Å²) in [6, 6.07) is 0. The summed E-state index contributed by atoms with van der Waals surface area (Å²) in [4.78, 5) is 22.9. The van der Waals surface area contributed by atoms with E-state index in [0.717, 1.165) is 25.7 Å². The van der Waals surface area contributed by atoms with Gasteiger partial charge in [-0.1, -0.05) is 0 Å². The zero-order chi connectivity index (χ0) is 9.87. The van der Waals surface area contributed by atoms with Crippen LogP contribution in [0.1, 0.15) is 25.7 Å². The molecule has 0 aliphatic heterocycles. The molecule has 0 radical (unpaired) electrons. The van der Waals surface area contributed by atoms with Crippen LogP contribution in [0.25, 0.3) is 0 Å². The van der Waals surface area contributed by atoms with E-state index in [1.165, 1.54) is 0 Å². The van der Waals surface area contributed by atoms with E-state index in [0.29, 0.717) is 11.8 Å². The maximum Gasteiger partial charge on any atom is 0.307 e. The first-order valence-corrected chi connectivity index (χ1v) is 5.43. The number of carboxylic acids is 1. The summed E-state index contributed by atoms with van der Waals surface area (Å²) in [6.07, 6.45) is 3.79. The van der Waals surface area contributed by atoms with Crippen LogP contribution in [0.3, 0.4) is 0 Å². The van der Waals surface area contributed by atoms with E-state index in [-0.39, 0.29) is 23.5 Å². The molecule has 0 amide bonds. The summed E-state index contributed by atoms with van der Waals surface area (Å²) in [6.45, 7) is 0. The van der Waals surface area contributed by atoms with Crippen molar-refractivity contribution in [3.8, 4) is 0 Å². The molecule has 4 fully saturated rings. The fraction of sp³-hybridized carbons (Fsp3) is 0.818. The Kier molecular flexibility index (Phi) is 1.56. The number of carboxylic acid groups (broad SMARTS) is 1. The molecule has 0 heterocycles. The Balaban J connectivity index is 1.97. The molecule has 4 saturated carbocycles. The number of hydrogen-bond acceptors (Lipinski definition) is 2. The lowest BCUT2D eigenvalue weighted by Gasteiger charge is -2.51. The molecule has 76 valence electrons. The summed E-state index contributed by atoms with van der Waals surface area (Å²) in [5, 5.41) is 9.11. The Morgan fingerprint density at radius 2 is 2.00 bits per heavy atom. The lowest BCUT2D eigenvalue weighted by molar-refractivity contribution is -0.164. The highest BCUT2D eigenvalue weighted by Gasteiger charge is 2.55. The second-order valence-corrected chi connectivity index (χ2v) is 5.14. The number of carbonyl (C=O) groups is 2. The van der Waals surface area contributed by atoms with Crippen molar-refractivity contribution >= 4 is 11.8 Å². The van der Waals surface area contributed by atoms with E-state index >= 15 is 0 Å². The highest BCUT2D eigenvalue weighted by atomic mass is 16.4. The summed E-state index contributed by atoms with van der Waals surface area (Å²) in [5.74, 6) is 0.189. The number of aliphatic carboxylic acids is 1. The van der Waals surface area contributed by atoms with Crippen molar-refractivity contribution in [2.75, 3.05) is 0 Å². The standard InChI is InChI=1S/C11H14O3/c12-10-7-2-5-1-6(4-7)9(11(13)14)8(10)3-5/h5-9H,1-4H2,(H,13,14)/t5-,6+,7+,8-,9-/m1/s1. The first kappa shape index (κ1) is 8.45. The average Bonchev–Trinajstić information content (AvgIpc) is 2.12. The molecule has 0 aromatic carbocycles. The maximum atomic E-state index is 11.8. The molecule has 4 aliphatic rings. The summed E-state index contributed by atoms with van der Waals surface area (Å²) in [5.41, 5.74) is 0. The molecule has 4 aliphatic carbocycles. The van der Waals surface area contributed by atoms with E-state index in [2.05, 4.69) is 0 Å². The van der Waals surface area contributed by atoms with Crippen LogP contribution in [0.4, 0.5) is 0 Å². The van der Waals surface area contributed by atoms with Crippen molar-refractivity contribution in [1.82, 2.24) is 0 Å². The topological polar surface area (TPSA) is 54.4 Å².